The molecule has 4 N–H and O–H groups in total. The summed E-state index contributed by atoms with van der Waals surface area (Å²) in [5.41, 5.74) is 3.50. The van der Waals surface area contributed by atoms with Gasteiger partial charge in [-0.15, -0.1) is 0 Å². The molecule has 0 aromatic rings. The van der Waals surface area contributed by atoms with Crippen molar-refractivity contribution in [2.24, 2.45) is 0 Å². The Balaban J connectivity index is 3.19. The smallest absolute Gasteiger partial charge is 0.0909 e. The second-order valence-corrected chi connectivity index (χ2v) is 1.16. The second kappa shape index (κ2) is 5.98. The van der Waals surface area contributed by atoms with Crippen LogP contribution in [0.25, 0.3) is 0 Å². The summed E-state index contributed by atoms with van der Waals surface area (Å²) < 4.78 is 0. The molecule has 0 saturated heterocycles. The van der Waals surface area contributed by atoms with Gasteiger partial charge in [-0.2, -0.15) is 0 Å². The van der Waals surface area contributed by atoms with Crippen LogP contribution in [0.2, 0.25) is 0 Å². The van der Waals surface area contributed by atoms with Gasteiger partial charge in [0.2, 0.25) is 0 Å². The lowest BCUT2D eigenvalue weighted by molar-refractivity contribution is -0.274. The highest BCUT2D eigenvalue weighted by Crippen LogP contribution is 1.66. The van der Waals surface area contributed by atoms with Crippen LogP contribution in [0.3, 0.4) is 0 Å². The molecule has 0 aliphatic heterocycles. The molecule has 0 radical (unpaired) electrons. The van der Waals surface area contributed by atoms with Crippen LogP contribution in [-0.2, 0) is 0 Å². The van der Waals surface area contributed by atoms with Crippen LogP contribution in [0.5, 0.6) is 0 Å². The van der Waals surface area contributed by atoms with Crippen LogP contribution in [0.1, 0.15) is 0 Å². The Bertz CT molecular complexity index is 103. The molecule has 0 rings (SSSR count). The van der Waals surface area contributed by atoms with Crippen molar-refractivity contribution >= 4 is 0 Å². The molecule has 0 amide bonds. The van der Waals surface area contributed by atoms with Crippen molar-refractivity contribution in [1.29, 1.82) is 0 Å². The number of hydrogen-bond acceptors (Lipinski definition) is 1. The molecule has 0 heterocycles. The van der Waals surface area contributed by atoms with Crippen LogP contribution >= 0.6 is 0 Å². The molecule has 0 spiro atoms. The Morgan fingerprint density at radius 3 is 2.62 bits per heavy atom. The van der Waals surface area contributed by atoms with Gasteiger partial charge < -0.3 is 11.1 Å². The minimum absolute atomic E-state index is 1.60. The zero-order chi connectivity index (χ0) is 6.24. The van der Waals surface area contributed by atoms with Gasteiger partial charge in [-0.1, -0.05) is 6.58 Å². The van der Waals surface area contributed by atoms with Gasteiger partial charge >= 0.3 is 0 Å². The largest absolute Gasteiger partial charge is 0.368 e. The Morgan fingerprint density at radius 1 is 1.38 bits per heavy atom. The summed E-state index contributed by atoms with van der Waals surface area (Å²) in [4.78, 5) is 0. The Labute approximate surface area is 49.4 Å². The predicted octanol–water partition coefficient (Wildman–Crippen LogP) is -0.0112. The summed E-state index contributed by atoms with van der Waals surface area (Å²) in [5, 5.41) is 2.79. The molecule has 0 aliphatic carbocycles. The highest BCUT2D eigenvalue weighted by molar-refractivity contribution is 4.98. The van der Waals surface area contributed by atoms with Gasteiger partial charge in [-0.05, 0) is 18.4 Å². The number of nitrogens with one attached hydrogen (secondary N) is 1. The van der Waals surface area contributed by atoms with E-state index in [9.17, 15) is 0 Å². The molecular formula is C6H11N2+. The molecule has 2 heteroatoms. The summed E-state index contributed by atoms with van der Waals surface area (Å²) in [7, 11) is 0. The average Bonchev–Trinajstić information content (AvgIpc) is 1.81. The maximum absolute atomic E-state index is 3.50. The maximum Gasteiger partial charge on any atom is 0.0909 e. The molecule has 0 atom stereocenters. The van der Waals surface area contributed by atoms with Crippen LogP contribution in [0.15, 0.2) is 37.3 Å². The standard InChI is InChI=1S/C6H10N2/c1-2-8-6-4-3-5-7/h2-6,8H,1,7H2/p+1. The third-order valence-electron chi connectivity index (χ3n) is 0.557. The average molecular weight is 111 g/mol. The van der Waals surface area contributed by atoms with Gasteiger partial charge in [0.1, 0.15) is 0 Å². The Kier molecular flexibility index (Phi) is 5.22. The molecule has 0 fully saturated rings. The number of rotatable bonds is 3. The van der Waals surface area contributed by atoms with E-state index in [0.717, 1.165) is 0 Å². The van der Waals surface area contributed by atoms with Crippen molar-refractivity contribution in [3.05, 3.63) is 37.3 Å². The Hall–Kier alpha value is -1.02. The molecule has 0 bridgehead atoms. The topological polar surface area (TPSA) is 39.7 Å². The fourth-order valence-corrected chi connectivity index (χ4v) is 0.258. The fraction of sp³-hybridized carbons (Fsp3) is 0. The number of hydrogen-bond donors (Lipinski definition) is 2. The first-order valence-electron chi connectivity index (χ1n) is 2.39. The van der Waals surface area contributed by atoms with Crippen molar-refractivity contribution in [3.8, 4) is 0 Å². The van der Waals surface area contributed by atoms with Crippen molar-refractivity contribution in [1.82, 2.24) is 5.32 Å². The van der Waals surface area contributed by atoms with E-state index in [2.05, 4.69) is 17.6 Å². The lowest BCUT2D eigenvalue weighted by Gasteiger charge is -1.80. The molecule has 2 nitrogen and oxygen atoms in total. The van der Waals surface area contributed by atoms with E-state index in [4.69, 9.17) is 0 Å². The van der Waals surface area contributed by atoms with Gasteiger partial charge in [0.05, 0.1) is 6.20 Å². The van der Waals surface area contributed by atoms with E-state index < -0.39 is 0 Å². The quantitative estimate of drug-likeness (QED) is 0.494. The third kappa shape index (κ3) is 4.98. The highest BCUT2D eigenvalue weighted by atomic mass is 14.8. The van der Waals surface area contributed by atoms with Crippen molar-refractivity contribution in [2.75, 3.05) is 0 Å². The monoisotopic (exact) mass is 111 g/mol. The highest BCUT2D eigenvalue weighted by Gasteiger charge is 1.58. The summed E-state index contributed by atoms with van der Waals surface area (Å²) in [6, 6.07) is 0. The minimum atomic E-state index is 1.60. The van der Waals surface area contributed by atoms with Gasteiger partial charge in [0, 0.05) is 6.20 Å². The lowest BCUT2D eigenvalue weighted by Crippen LogP contribution is -2.38. The van der Waals surface area contributed by atoms with Gasteiger partial charge in [0.15, 0.2) is 0 Å². The molecular weight excluding hydrogens is 100 g/mol. The molecule has 0 saturated carbocycles. The summed E-state index contributed by atoms with van der Waals surface area (Å²) in [6.07, 6.45) is 8.76. The SMILES string of the molecule is C=CNC=CC=C[NH3+]. The van der Waals surface area contributed by atoms with E-state index in [1.807, 2.05) is 12.2 Å². The molecule has 8 heavy (non-hydrogen) atoms. The van der Waals surface area contributed by atoms with Crippen LogP contribution in [0.4, 0.5) is 0 Å². The van der Waals surface area contributed by atoms with Crippen LogP contribution in [0, 0.1) is 0 Å². The Morgan fingerprint density at radius 2 is 2.12 bits per heavy atom. The van der Waals surface area contributed by atoms with Crippen LogP contribution < -0.4 is 11.1 Å². The number of allylic oxidation sites excluding steroid dienone is 2. The number of quaternary nitrogens is 1. The zero-order valence-electron chi connectivity index (χ0n) is 4.80. The van der Waals surface area contributed by atoms with E-state index in [0.29, 0.717) is 0 Å². The van der Waals surface area contributed by atoms with Crippen molar-refractivity contribution in [2.45, 2.75) is 0 Å². The molecule has 44 valence electrons. The maximum atomic E-state index is 3.50. The first-order chi connectivity index (χ1) is 3.91. The summed E-state index contributed by atoms with van der Waals surface area (Å²) in [5.74, 6) is 0. The molecule has 0 aromatic carbocycles. The van der Waals surface area contributed by atoms with Crippen molar-refractivity contribution < 1.29 is 5.73 Å². The van der Waals surface area contributed by atoms with Gasteiger partial charge in [-0.3, -0.25) is 0 Å². The van der Waals surface area contributed by atoms with Crippen molar-refractivity contribution in [3.63, 3.8) is 0 Å². The molecule has 0 aromatic heterocycles. The van der Waals surface area contributed by atoms with Crippen LogP contribution in [-0.4, -0.2) is 0 Å². The fourth-order valence-electron chi connectivity index (χ4n) is 0.258. The first kappa shape index (κ1) is 6.98. The van der Waals surface area contributed by atoms with E-state index in [-0.39, 0.29) is 0 Å². The minimum Gasteiger partial charge on any atom is -0.368 e. The normalized spacial score (nSPS) is 10.6. The first-order valence-corrected chi connectivity index (χ1v) is 2.39. The summed E-state index contributed by atoms with van der Waals surface area (Å²) >= 11 is 0. The predicted molar refractivity (Wildman–Crippen MR) is 34.5 cm³/mol. The third-order valence-corrected chi connectivity index (χ3v) is 0.557. The van der Waals surface area contributed by atoms with Gasteiger partial charge in [0.25, 0.3) is 0 Å². The molecule has 0 unspecified atom stereocenters. The zero-order valence-corrected chi connectivity index (χ0v) is 4.80. The van der Waals surface area contributed by atoms with E-state index >= 15 is 0 Å². The summed E-state index contributed by atoms with van der Waals surface area (Å²) in [6.45, 7) is 3.46. The second-order valence-electron chi connectivity index (χ2n) is 1.16. The van der Waals surface area contributed by atoms with Gasteiger partial charge in [-0.25, -0.2) is 0 Å². The van der Waals surface area contributed by atoms with E-state index in [1.54, 1.807) is 18.6 Å². The molecule has 0 aliphatic rings. The lowest BCUT2D eigenvalue weighted by atomic mass is 10.6. The van der Waals surface area contributed by atoms with E-state index in [1.165, 1.54) is 0 Å².